The van der Waals surface area contributed by atoms with Gasteiger partial charge in [0.2, 0.25) is 0 Å². The van der Waals surface area contributed by atoms with Crippen LogP contribution in [-0.4, -0.2) is 6.04 Å². The minimum atomic E-state index is 0.644. The van der Waals surface area contributed by atoms with Gasteiger partial charge in [-0.3, -0.25) is 0 Å². The molecule has 0 amide bonds. The van der Waals surface area contributed by atoms with Crippen molar-refractivity contribution in [1.82, 2.24) is 5.32 Å². The minimum absolute atomic E-state index is 0.644. The molecular weight excluding hydrogens is 242 g/mol. The predicted molar refractivity (Wildman–Crippen MR) is 81.4 cm³/mol. The zero-order valence-electron chi connectivity index (χ0n) is 12.4. The summed E-state index contributed by atoms with van der Waals surface area (Å²) in [5, 5.41) is 4.09. The van der Waals surface area contributed by atoms with Crippen LogP contribution in [0.25, 0.3) is 0 Å². The maximum atomic E-state index is 4.09. The Bertz CT molecular complexity index is 499. The molecule has 4 fully saturated rings. The van der Waals surface area contributed by atoms with Crippen molar-refractivity contribution in [2.75, 3.05) is 0 Å². The molecule has 0 aromatic heterocycles. The van der Waals surface area contributed by atoms with E-state index in [2.05, 4.69) is 36.5 Å². The molecule has 5 unspecified atom stereocenters. The molecule has 4 aliphatic rings. The predicted octanol–water partition coefficient (Wildman–Crippen LogP) is 4.08. The third-order valence-electron chi connectivity index (χ3n) is 6.64. The molecule has 0 spiro atoms. The first-order chi connectivity index (χ1) is 9.81. The van der Waals surface area contributed by atoms with Crippen molar-refractivity contribution in [3.8, 4) is 0 Å². The summed E-state index contributed by atoms with van der Waals surface area (Å²) in [6.45, 7) is 2.19. The van der Waals surface area contributed by atoms with Crippen LogP contribution < -0.4 is 5.32 Å². The second-order valence-corrected chi connectivity index (χ2v) is 7.91. The van der Waals surface area contributed by atoms with E-state index in [0.717, 1.165) is 35.6 Å². The summed E-state index contributed by atoms with van der Waals surface area (Å²) in [7, 11) is 0. The Balaban J connectivity index is 1.35. The molecule has 4 aliphatic carbocycles. The van der Waals surface area contributed by atoms with Gasteiger partial charge in [-0.15, -0.1) is 0 Å². The summed E-state index contributed by atoms with van der Waals surface area (Å²) in [5.74, 6) is 5.19. The molecule has 106 valence electrons. The fraction of sp³-hybridized carbons (Fsp3) is 0.684. The Morgan fingerprint density at radius 1 is 0.950 bits per heavy atom. The topological polar surface area (TPSA) is 12.0 Å². The summed E-state index contributed by atoms with van der Waals surface area (Å²) < 4.78 is 0. The molecule has 5 atom stereocenters. The summed E-state index contributed by atoms with van der Waals surface area (Å²) in [6.07, 6.45) is 7.48. The van der Waals surface area contributed by atoms with E-state index in [9.17, 15) is 0 Å². The third-order valence-corrected chi connectivity index (χ3v) is 6.64. The number of aryl methyl sites for hydroxylation is 1. The van der Waals surface area contributed by atoms with Gasteiger partial charge in [0.15, 0.2) is 0 Å². The number of hydrogen-bond acceptors (Lipinski definition) is 1. The van der Waals surface area contributed by atoms with E-state index < -0.39 is 0 Å². The second kappa shape index (κ2) is 4.10. The molecule has 0 saturated heterocycles. The number of hydrogen-bond donors (Lipinski definition) is 1. The lowest BCUT2D eigenvalue weighted by molar-refractivity contribution is 0.399. The normalized spacial score (nSPS) is 42.5. The van der Waals surface area contributed by atoms with Crippen LogP contribution in [0.4, 0.5) is 0 Å². The number of nitrogens with one attached hydrogen (secondary N) is 1. The first kappa shape index (κ1) is 11.8. The molecular formula is C19H25N. The smallest absolute Gasteiger partial charge is 0.0351 e. The van der Waals surface area contributed by atoms with Gasteiger partial charge < -0.3 is 5.32 Å². The van der Waals surface area contributed by atoms with E-state index in [1.54, 1.807) is 6.42 Å². The van der Waals surface area contributed by atoms with Crippen LogP contribution in [0.1, 0.15) is 49.3 Å². The van der Waals surface area contributed by atoms with Gasteiger partial charge in [0, 0.05) is 12.1 Å². The van der Waals surface area contributed by atoms with Crippen LogP contribution in [0, 0.1) is 36.5 Å². The maximum Gasteiger partial charge on any atom is 0.0351 e. The Morgan fingerprint density at radius 2 is 1.60 bits per heavy atom. The van der Waals surface area contributed by atoms with Crippen LogP contribution >= 0.6 is 0 Å². The molecule has 2 bridgehead atoms. The fourth-order valence-corrected chi connectivity index (χ4v) is 5.46. The van der Waals surface area contributed by atoms with Crippen LogP contribution in [0.3, 0.4) is 0 Å². The molecule has 1 aromatic carbocycles. The lowest BCUT2D eigenvalue weighted by Crippen LogP contribution is -2.29. The van der Waals surface area contributed by atoms with Gasteiger partial charge in [0.05, 0.1) is 0 Å². The molecule has 0 aliphatic heterocycles. The lowest BCUT2D eigenvalue weighted by atomic mass is 9.99. The Hall–Kier alpha value is -0.820. The first-order valence-corrected chi connectivity index (χ1v) is 8.64. The summed E-state index contributed by atoms with van der Waals surface area (Å²) in [6, 6.07) is 10.8. The van der Waals surface area contributed by atoms with E-state index in [0.29, 0.717) is 6.04 Å². The number of benzene rings is 1. The molecule has 4 saturated carbocycles. The van der Waals surface area contributed by atoms with Crippen molar-refractivity contribution in [3.05, 3.63) is 35.4 Å². The molecule has 5 rings (SSSR count). The molecule has 0 heterocycles. The summed E-state index contributed by atoms with van der Waals surface area (Å²) in [4.78, 5) is 0. The highest BCUT2D eigenvalue weighted by Crippen LogP contribution is 2.66. The van der Waals surface area contributed by atoms with E-state index >= 15 is 0 Å². The molecule has 20 heavy (non-hydrogen) atoms. The third kappa shape index (κ3) is 1.72. The van der Waals surface area contributed by atoms with Gasteiger partial charge >= 0.3 is 0 Å². The molecule has 1 N–H and O–H groups in total. The standard InChI is InChI=1S/C19H25N/c1-11-2-4-12(5-3-11)18(13-6-7-13)20-19-16-14-8-9-15(10-14)17(16)19/h2-5,13-20H,6-10H2,1H3. The van der Waals surface area contributed by atoms with E-state index in [-0.39, 0.29) is 0 Å². The van der Waals surface area contributed by atoms with Crippen molar-refractivity contribution in [1.29, 1.82) is 0 Å². The Kier molecular flexibility index (Phi) is 2.42. The van der Waals surface area contributed by atoms with E-state index in [4.69, 9.17) is 0 Å². The van der Waals surface area contributed by atoms with Gasteiger partial charge in [-0.2, -0.15) is 0 Å². The van der Waals surface area contributed by atoms with Crippen molar-refractivity contribution >= 4 is 0 Å². The van der Waals surface area contributed by atoms with Gasteiger partial charge in [-0.1, -0.05) is 29.8 Å². The SMILES string of the molecule is Cc1ccc(C(NC2C3C4CCC(C4)C23)C2CC2)cc1. The molecule has 1 nitrogen and oxygen atoms in total. The van der Waals surface area contributed by atoms with Crippen molar-refractivity contribution in [2.24, 2.45) is 29.6 Å². The van der Waals surface area contributed by atoms with Gasteiger partial charge in [0.1, 0.15) is 0 Å². The van der Waals surface area contributed by atoms with Crippen LogP contribution in [-0.2, 0) is 0 Å². The van der Waals surface area contributed by atoms with Gasteiger partial charge in [0.25, 0.3) is 0 Å². The zero-order chi connectivity index (χ0) is 13.3. The summed E-state index contributed by atoms with van der Waals surface area (Å²) in [5.41, 5.74) is 2.92. The maximum absolute atomic E-state index is 4.09. The van der Waals surface area contributed by atoms with Gasteiger partial charge in [-0.25, -0.2) is 0 Å². The highest BCUT2D eigenvalue weighted by atomic mass is 15.1. The van der Waals surface area contributed by atoms with Crippen molar-refractivity contribution in [3.63, 3.8) is 0 Å². The van der Waals surface area contributed by atoms with E-state index in [1.807, 2.05) is 0 Å². The quantitative estimate of drug-likeness (QED) is 0.866. The average Bonchev–Trinajstić information content (AvgIpc) is 3.35. The van der Waals surface area contributed by atoms with Gasteiger partial charge in [-0.05, 0) is 74.2 Å². The van der Waals surface area contributed by atoms with Crippen molar-refractivity contribution in [2.45, 2.75) is 51.1 Å². The molecule has 0 radical (unpaired) electrons. The monoisotopic (exact) mass is 267 g/mol. The largest absolute Gasteiger partial charge is 0.306 e. The highest BCUT2D eigenvalue weighted by molar-refractivity contribution is 5.27. The van der Waals surface area contributed by atoms with Crippen LogP contribution in [0.15, 0.2) is 24.3 Å². The molecule has 1 aromatic rings. The van der Waals surface area contributed by atoms with E-state index in [1.165, 1.54) is 36.8 Å². The number of fused-ring (bicyclic) bond motifs is 5. The molecule has 1 heteroatoms. The minimum Gasteiger partial charge on any atom is -0.306 e. The second-order valence-electron chi connectivity index (χ2n) is 7.91. The van der Waals surface area contributed by atoms with Crippen LogP contribution in [0.5, 0.6) is 0 Å². The van der Waals surface area contributed by atoms with Crippen LogP contribution in [0.2, 0.25) is 0 Å². The lowest BCUT2D eigenvalue weighted by Gasteiger charge is -2.21. The Morgan fingerprint density at radius 3 is 2.20 bits per heavy atom. The zero-order valence-corrected chi connectivity index (χ0v) is 12.4. The first-order valence-electron chi connectivity index (χ1n) is 8.64. The average molecular weight is 267 g/mol. The summed E-state index contributed by atoms with van der Waals surface area (Å²) >= 11 is 0. The van der Waals surface area contributed by atoms with Crippen molar-refractivity contribution < 1.29 is 0 Å². The fourth-order valence-electron chi connectivity index (χ4n) is 5.46. The Labute approximate surface area is 122 Å². The number of rotatable bonds is 4. The highest BCUT2D eigenvalue weighted by Gasteiger charge is 2.65.